The van der Waals surface area contributed by atoms with Gasteiger partial charge in [0, 0.05) is 30.0 Å². The smallest absolute Gasteiger partial charge is 0.269 e. The maximum absolute atomic E-state index is 12.3. The molecule has 0 unspecified atom stereocenters. The summed E-state index contributed by atoms with van der Waals surface area (Å²) in [7, 11) is 0. The average molecular weight is 330 g/mol. The number of aryl methyl sites for hydroxylation is 1. The lowest BCUT2D eigenvalue weighted by Crippen LogP contribution is -2.48. The number of Topliss-reactive ketones (excluding diaryl/α,β-unsaturated/α-hetero) is 1. The van der Waals surface area contributed by atoms with Gasteiger partial charge in [-0.25, -0.2) is 0 Å². The molecule has 0 spiro atoms. The molecule has 1 aliphatic rings. The Morgan fingerprint density at radius 2 is 2.04 bits per heavy atom. The third kappa shape index (κ3) is 2.50. The number of aromatic nitrogens is 1. The van der Waals surface area contributed by atoms with Gasteiger partial charge in [0.05, 0.1) is 22.1 Å². The molecule has 1 heterocycles. The Labute approximate surface area is 138 Å². The summed E-state index contributed by atoms with van der Waals surface area (Å²) in [5, 5.41) is 25.7. The second kappa shape index (κ2) is 5.52. The summed E-state index contributed by atoms with van der Waals surface area (Å²) in [5.41, 5.74) is 0.833. The molecule has 1 aliphatic carbocycles. The van der Waals surface area contributed by atoms with Crippen molar-refractivity contribution in [1.29, 1.82) is 0 Å². The number of nitro benzene ring substituents is 1. The Morgan fingerprint density at radius 3 is 2.58 bits per heavy atom. The number of nitrogens with zero attached hydrogens (tertiary/aromatic N) is 2. The van der Waals surface area contributed by atoms with Crippen molar-refractivity contribution in [3.63, 3.8) is 0 Å². The predicted octanol–water partition coefficient (Wildman–Crippen LogP) is 2.54. The number of rotatable bonds is 3. The zero-order chi connectivity index (χ0) is 17.6. The summed E-state index contributed by atoms with van der Waals surface area (Å²) in [6, 6.07) is 6.05. The Bertz CT molecular complexity index is 807. The molecular formula is C17H18N2O5. The fourth-order valence-electron chi connectivity index (χ4n) is 3.76. The number of benzene rings is 1. The molecule has 24 heavy (non-hydrogen) atoms. The predicted molar refractivity (Wildman–Crippen MR) is 84.7 cm³/mol. The summed E-state index contributed by atoms with van der Waals surface area (Å²) in [6.45, 7) is 4.83. The number of ketones is 1. The number of aliphatic hydroxyl groups is 1. The minimum absolute atomic E-state index is 0.0250. The Hall–Kier alpha value is -2.54. The number of carbonyl (C=O) groups is 1. The topological polar surface area (TPSA) is 106 Å². The van der Waals surface area contributed by atoms with E-state index in [1.54, 1.807) is 26.0 Å². The second-order valence-electron chi connectivity index (χ2n) is 6.55. The van der Waals surface area contributed by atoms with E-state index in [1.807, 2.05) is 0 Å². The molecule has 7 heteroatoms. The molecule has 0 radical (unpaired) electrons. The van der Waals surface area contributed by atoms with Gasteiger partial charge in [-0.1, -0.05) is 17.3 Å². The van der Waals surface area contributed by atoms with Gasteiger partial charge in [-0.3, -0.25) is 14.9 Å². The van der Waals surface area contributed by atoms with E-state index in [4.69, 9.17) is 4.52 Å². The van der Waals surface area contributed by atoms with Crippen LogP contribution in [0.5, 0.6) is 0 Å². The van der Waals surface area contributed by atoms with Crippen molar-refractivity contribution in [2.24, 2.45) is 5.92 Å². The zero-order valence-electron chi connectivity index (χ0n) is 13.6. The molecule has 0 saturated heterocycles. The second-order valence-corrected chi connectivity index (χ2v) is 6.55. The van der Waals surface area contributed by atoms with Gasteiger partial charge in [0.25, 0.3) is 5.69 Å². The molecular weight excluding hydrogens is 312 g/mol. The molecule has 1 N–H and O–H groups in total. The SMILES string of the molecule is CC(=O)[C@H]1[C@@H](c2ccc([N+](=O)[O-])cc2)c2c(noc2C)C[C@@]1(C)O. The van der Waals surface area contributed by atoms with E-state index in [1.165, 1.54) is 19.1 Å². The van der Waals surface area contributed by atoms with Gasteiger partial charge < -0.3 is 9.63 Å². The van der Waals surface area contributed by atoms with Gasteiger partial charge in [0.15, 0.2) is 0 Å². The lowest BCUT2D eigenvalue weighted by molar-refractivity contribution is -0.384. The third-order valence-corrected chi connectivity index (χ3v) is 4.72. The van der Waals surface area contributed by atoms with Crippen molar-refractivity contribution in [1.82, 2.24) is 5.16 Å². The molecule has 0 aliphatic heterocycles. The Morgan fingerprint density at radius 1 is 1.42 bits per heavy atom. The van der Waals surface area contributed by atoms with Crippen LogP contribution in [0.2, 0.25) is 0 Å². The lowest BCUT2D eigenvalue weighted by Gasteiger charge is -2.40. The van der Waals surface area contributed by atoms with Gasteiger partial charge in [-0.2, -0.15) is 0 Å². The fraction of sp³-hybridized carbons (Fsp3) is 0.412. The van der Waals surface area contributed by atoms with Gasteiger partial charge in [0.2, 0.25) is 0 Å². The van der Waals surface area contributed by atoms with Crippen LogP contribution in [-0.2, 0) is 11.2 Å². The van der Waals surface area contributed by atoms with E-state index in [2.05, 4.69) is 5.16 Å². The molecule has 2 aromatic rings. The first kappa shape index (κ1) is 16.3. The van der Waals surface area contributed by atoms with Crippen LogP contribution >= 0.6 is 0 Å². The minimum atomic E-state index is -1.27. The first-order chi connectivity index (χ1) is 11.2. The molecule has 0 bridgehead atoms. The van der Waals surface area contributed by atoms with E-state index in [-0.39, 0.29) is 17.9 Å². The van der Waals surface area contributed by atoms with Crippen LogP contribution < -0.4 is 0 Å². The van der Waals surface area contributed by atoms with E-state index in [9.17, 15) is 20.0 Å². The molecule has 7 nitrogen and oxygen atoms in total. The molecule has 0 saturated carbocycles. The number of hydrogen-bond donors (Lipinski definition) is 1. The van der Waals surface area contributed by atoms with Gasteiger partial charge in [-0.15, -0.1) is 0 Å². The number of non-ortho nitro benzene ring substituents is 1. The van der Waals surface area contributed by atoms with Gasteiger partial charge >= 0.3 is 0 Å². The van der Waals surface area contributed by atoms with Crippen LogP contribution in [0.1, 0.15) is 42.3 Å². The molecule has 0 fully saturated rings. The highest BCUT2D eigenvalue weighted by Gasteiger charge is 2.49. The summed E-state index contributed by atoms with van der Waals surface area (Å²) in [5.74, 6) is -0.678. The Kier molecular flexibility index (Phi) is 3.76. The highest BCUT2D eigenvalue weighted by Crippen LogP contribution is 2.47. The number of carbonyl (C=O) groups excluding carboxylic acids is 1. The van der Waals surface area contributed by atoms with E-state index < -0.39 is 22.4 Å². The number of fused-ring (bicyclic) bond motifs is 1. The zero-order valence-corrected chi connectivity index (χ0v) is 13.6. The lowest BCUT2D eigenvalue weighted by atomic mass is 9.64. The highest BCUT2D eigenvalue weighted by atomic mass is 16.6. The normalized spacial score (nSPS) is 26.0. The van der Waals surface area contributed by atoms with E-state index in [0.29, 0.717) is 17.0 Å². The van der Waals surface area contributed by atoms with Crippen molar-refractivity contribution < 1.29 is 19.3 Å². The number of hydrogen-bond acceptors (Lipinski definition) is 6. The van der Waals surface area contributed by atoms with E-state index in [0.717, 1.165) is 5.56 Å². The monoisotopic (exact) mass is 330 g/mol. The van der Waals surface area contributed by atoms with Crippen molar-refractivity contribution in [3.05, 3.63) is 57.0 Å². The van der Waals surface area contributed by atoms with Crippen LogP contribution in [0.15, 0.2) is 28.8 Å². The summed E-state index contributed by atoms with van der Waals surface area (Å²) in [4.78, 5) is 22.7. The van der Waals surface area contributed by atoms with Gasteiger partial charge in [0.1, 0.15) is 11.5 Å². The maximum atomic E-state index is 12.3. The summed E-state index contributed by atoms with van der Waals surface area (Å²) < 4.78 is 5.27. The first-order valence-corrected chi connectivity index (χ1v) is 7.64. The van der Waals surface area contributed by atoms with Gasteiger partial charge in [-0.05, 0) is 26.3 Å². The Balaban J connectivity index is 2.18. The van der Waals surface area contributed by atoms with Crippen molar-refractivity contribution in [2.75, 3.05) is 0 Å². The first-order valence-electron chi connectivity index (χ1n) is 7.64. The van der Waals surface area contributed by atoms with Crippen molar-refractivity contribution in [2.45, 2.75) is 38.7 Å². The standard InChI is InChI=1S/C17H18N2O5/c1-9(20)16-15(11-4-6-12(7-5-11)19(22)23)14-10(2)24-18-13(14)8-17(16,3)21/h4-7,15-16,21H,8H2,1-3H3/t15-,16-,17+/m0/s1. The average Bonchev–Trinajstić information content (AvgIpc) is 2.85. The summed E-state index contributed by atoms with van der Waals surface area (Å²) in [6.07, 6.45) is 0.230. The van der Waals surface area contributed by atoms with Crippen molar-refractivity contribution >= 4 is 11.5 Å². The van der Waals surface area contributed by atoms with Crippen LogP contribution in [-0.4, -0.2) is 26.6 Å². The molecule has 126 valence electrons. The van der Waals surface area contributed by atoms with Crippen molar-refractivity contribution in [3.8, 4) is 0 Å². The van der Waals surface area contributed by atoms with Crippen LogP contribution in [0.4, 0.5) is 5.69 Å². The largest absolute Gasteiger partial charge is 0.389 e. The summed E-state index contributed by atoms with van der Waals surface area (Å²) >= 11 is 0. The molecule has 0 amide bonds. The van der Waals surface area contributed by atoms with E-state index >= 15 is 0 Å². The van der Waals surface area contributed by atoms with Crippen LogP contribution in [0, 0.1) is 23.0 Å². The molecule has 1 aromatic carbocycles. The third-order valence-electron chi connectivity index (χ3n) is 4.72. The fourth-order valence-corrected chi connectivity index (χ4v) is 3.76. The molecule has 3 rings (SSSR count). The minimum Gasteiger partial charge on any atom is -0.389 e. The maximum Gasteiger partial charge on any atom is 0.269 e. The number of nitro groups is 1. The van der Waals surface area contributed by atoms with Crippen LogP contribution in [0.25, 0.3) is 0 Å². The molecule has 3 atom stereocenters. The quantitative estimate of drug-likeness (QED) is 0.684. The van der Waals surface area contributed by atoms with Crippen LogP contribution in [0.3, 0.4) is 0 Å². The molecule has 1 aromatic heterocycles. The highest BCUT2D eigenvalue weighted by molar-refractivity contribution is 5.82.